The molecule has 1 fully saturated rings. The second-order valence-corrected chi connectivity index (χ2v) is 5.00. The second kappa shape index (κ2) is 5.84. The summed E-state index contributed by atoms with van der Waals surface area (Å²) in [7, 11) is 0. The van der Waals surface area contributed by atoms with Gasteiger partial charge in [-0.1, -0.05) is 30.3 Å². The molecule has 1 aromatic rings. The number of carboxylic acid groups (broad SMARTS) is 1. The highest BCUT2D eigenvalue weighted by Gasteiger charge is 2.34. The monoisotopic (exact) mass is 262 g/mol. The largest absolute Gasteiger partial charge is 0.481 e. The number of rotatable bonds is 5. The molecule has 1 saturated heterocycles. The van der Waals surface area contributed by atoms with Crippen molar-refractivity contribution >= 4 is 11.9 Å². The van der Waals surface area contributed by atoms with E-state index in [4.69, 9.17) is 10.8 Å². The normalized spacial score (nSPS) is 16.8. The number of carbonyl (C=O) groups excluding carboxylic acids is 1. The maximum atomic E-state index is 12.0. The lowest BCUT2D eigenvalue weighted by atomic mass is 9.94. The van der Waals surface area contributed by atoms with Gasteiger partial charge in [-0.25, -0.2) is 0 Å². The smallest absolute Gasteiger partial charge is 0.303 e. The fourth-order valence-corrected chi connectivity index (χ4v) is 2.32. The van der Waals surface area contributed by atoms with Crippen molar-refractivity contribution in [2.75, 3.05) is 13.1 Å². The molecule has 1 atom stereocenters. The summed E-state index contributed by atoms with van der Waals surface area (Å²) in [5.41, 5.74) is 6.93. The molecule has 0 radical (unpaired) electrons. The fraction of sp³-hybridized carbons (Fsp3) is 0.429. The Bertz CT molecular complexity index is 455. The fourth-order valence-electron chi connectivity index (χ4n) is 2.32. The standard InChI is InChI=1S/C14H18N2O3/c15-12(6-10-4-2-1-3-5-10)14(19)16-8-11(9-16)7-13(17)18/h1-5,11-12H,6-9,15H2,(H,17,18). The summed E-state index contributed by atoms with van der Waals surface area (Å²) in [6.45, 7) is 1.02. The van der Waals surface area contributed by atoms with Crippen molar-refractivity contribution in [3.8, 4) is 0 Å². The average molecular weight is 262 g/mol. The highest BCUT2D eigenvalue weighted by atomic mass is 16.4. The van der Waals surface area contributed by atoms with Gasteiger partial charge in [0, 0.05) is 19.0 Å². The van der Waals surface area contributed by atoms with Crippen LogP contribution in [-0.2, 0) is 16.0 Å². The minimum Gasteiger partial charge on any atom is -0.481 e. The lowest BCUT2D eigenvalue weighted by Gasteiger charge is -2.39. The second-order valence-electron chi connectivity index (χ2n) is 5.00. The maximum Gasteiger partial charge on any atom is 0.303 e. The van der Waals surface area contributed by atoms with E-state index in [-0.39, 0.29) is 18.2 Å². The third kappa shape index (κ3) is 3.54. The number of hydrogen-bond donors (Lipinski definition) is 2. The summed E-state index contributed by atoms with van der Waals surface area (Å²) < 4.78 is 0. The minimum atomic E-state index is -0.814. The quantitative estimate of drug-likeness (QED) is 0.809. The Labute approximate surface area is 112 Å². The SMILES string of the molecule is NC(Cc1ccccc1)C(=O)N1CC(CC(=O)O)C1. The molecule has 102 valence electrons. The van der Waals surface area contributed by atoms with E-state index in [1.165, 1.54) is 0 Å². The highest BCUT2D eigenvalue weighted by Crippen LogP contribution is 2.20. The van der Waals surface area contributed by atoms with E-state index in [0.717, 1.165) is 5.56 Å². The van der Waals surface area contributed by atoms with E-state index in [2.05, 4.69) is 0 Å². The van der Waals surface area contributed by atoms with Gasteiger partial charge in [0.15, 0.2) is 0 Å². The number of carbonyl (C=O) groups is 2. The highest BCUT2D eigenvalue weighted by molar-refractivity contribution is 5.83. The van der Waals surface area contributed by atoms with Crippen LogP contribution >= 0.6 is 0 Å². The Balaban J connectivity index is 1.80. The van der Waals surface area contributed by atoms with Crippen LogP contribution in [-0.4, -0.2) is 41.0 Å². The molecule has 0 saturated carbocycles. The molecule has 0 aliphatic carbocycles. The van der Waals surface area contributed by atoms with Crippen molar-refractivity contribution < 1.29 is 14.7 Å². The van der Waals surface area contributed by atoms with Crippen molar-refractivity contribution in [1.29, 1.82) is 0 Å². The number of carboxylic acids is 1. The number of nitrogens with two attached hydrogens (primary N) is 1. The molecule has 5 nitrogen and oxygen atoms in total. The molecule has 5 heteroatoms. The van der Waals surface area contributed by atoms with Crippen molar-refractivity contribution in [1.82, 2.24) is 4.90 Å². The van der Waals surface area contributed by atoms with Crippen LogP contribution < -0.4 is 5.73 Å². The lowest BCUT2D eigenvalue weighted by Crippen LogP contribution is -2.56. The van der Waals surface area contributed by atoms with Crippen molar-refractivity contribution in [3.63, 3.8) is 0 Å². The number of aliphatic carboxylic acids is 1. The number of hydrogen-bond acceptors (Lipinski definition) is 3. The van der Waals surface area contributed by atoms with Gasteiger partial charge in [0.1, 0.15) is 0 Å². The molecule has 0 bridgehead atoms. The summed E-state index contributed by atoms with van der Waals surface area (Å²) in [5.74, 6) is -0.832. The van der Waals surface area contributed by atoms with Crippen molar-refractivity contribution in [2.24, 2.45) is 11.7 Å². The Hall–Kier alpha value is -1.88. The minimum absolute atomic E-state index is 0.0744. The van der Waals surface area contributed by atoms with E-state index >= 15 is 0 Å². The van der Waals surface area contributed by atoms with Crippen LogP contribution in [0.5, 0.6) is 0 Å². The van der Waals surface area contributed by atoms with Gasteiger partial charge in [0.05, 0.1) is 12.5 Å². The number of nitrogens with zero attached hydrogens (tertiary/aromatic N) is 1. The number of likely N-dealkylation sites (tertiary alicyclic amines) is 1. The van der Waals surface area contributed by atoms with Crippen LogP contribution in [0.1, 0.15) is 12.0 Å². The molecule has 1 aliphatic rings. The number of benzene rings is 1. The van der Waals surface area contributed by atoms with Gasteiger partial charge < -0.3 is 15.7 Å². The Morgan fingerprint density at radius 1 is 1.32 bits per heavy atom. The molecule has 1 unspecified atom stereocenters. The molecule has 0 aromatic heterocycles. The van der Waals surface area contributed by atoms with Gasteiger partial charge in [0.2, 0.25) is 5.91 Å². The Kier molecular flexibility index (Phi) is 4.16. The summed E-state index contributed by atoms with van der Waals surface area (Å²) in [5, 5.41) is 8.65. The van der Waals surface area contributed by atoms with Gasteiger partial charge >= 0.3 is 5.97 Å². The first kappa shape index (κ1) is 13.5. The average Bonchev–Trinajstić information content (AvgIpc) is 2.33. The Morgan fingerprint density at radius 3 is 2.53 bits per heavy atom. The summed E-state index contributed by atoms with van der Waals surface area (Å²) in [6, 6.07) is 9.08. The molecule has 1 aromatic carbocycles. The first-order valence-corrected chi connectivity index (χ1v) is 6.36. The molecule has 1 amide bonds. The lowest BCUT2D eigenvalue weighted by molar-refractivity contribution is -0.145. The topological polar surface area (TPSA) is 83.6 Å². The Morgan fingerprint density at radius 2 is 1.95 bits per heavy atom. The maximum absolute atomic E-state index is 12.0. The zero-order valence-corrected chi connectivity index (χ0v) is 10.7. The van der Waals surface area contributed by atoms with Gasteiger partial charge in [0.25, 0.3) is 0 Å². The van der Waals surface area contributed by atoms with Crippen LogP contribution in [0.2, 0.25) is 0 Å². The van der Waals surface area contributed by atoms with E-state index < -0.39 is 12.0 Å². The van der Waals surface area contributed by atoms with Gasteiger partial charge in [-0.15, -0.1) is 0 Å². The predicted molar refractivity (Wildman–Crippen MR) is 70.4 cm³/mol. The van der Waals surface area contributed by atoms with Crippen LogP contribution in [0.4, 0.5) is 0 Å². The summed E-state index contributed by atoms with van der Waals surface area (Å²) in [4.78, 5) is 24.2. The summed E-state index contributed by atoms with van der Waals surface area (Å²) in [6.07, 6.45) is 0.636. The third-order valence-electron chi connectivity index (χ3n) is 3.35. The van der Waals surface area contributed by atoms with Crippen LogP contribution in [0, 0.1) is 5.92 Å². The van der Waals surface area contributed by atoms with Crippen LogP contribution in [0.3, 0.4) is 0 Å². The van der Waals surface area contributed by atoms with Gasteiger partial charge in [-0.2, -0.15) is 0 Å². The van der Waals surface area contributed by atoms with Crippen LogP contribution in [0.15, 0.2) is 30.3 Å². The molecule has 1 aliphatic heterocycles. The first-order valence-electron chi connectivity index (χ1n) is 6.36. The molecule has 3 N–H and O–H groups in total. The van der Waals surface area contributed by atoms with E-state index in [9.17, 15) is 9.59 Å². The molecule has 19 heavy (non-hydrogen) atoms. The first-order chi connectivity index (χ1) is 9.06. The van der Waals surface area contributed by atoms with Crippen molar-refractivity contribution in [2.45, 2.75) is 18.9 Å². The van der Waals surface area contributed by atoms with Gasteiger partial charge in [-0.3, -0.25) is 9.59 Å². The van der Waals surface area contributed by atoms with E-state index in [0.29, 0.717) is 19.5 Å². The summed E-state index contributed by atoms with van der Waals surface area (Å²) >= 11 is 0. The van der Waals surface area contributed by atoms with Crippen molar-refractivity contribution in [3.05, 3.63) is 35.9 Å². The zero-order valence-electron chi connectivity index (χ0n) is 10.7. The molecule has 2 rings (SSSR count). The molecule has 1 heterocycles. The third-order valence-corrected chi connectivity index (χ3v) is 3.35. The molecular weight excluding hydrogens is 244 g/mol. The number of amides is 1. The predicted octanol–water partition coefficient (Wildman–Crippen LogP) is 0.489. The van der Waals surface area contributed by atoms with E-state index in [1.807, 2.05) is 30.3 Å². The van der Waals surface area contributed by atoms with Crippen LogP contribution in [0.25, 0.3) is 0 Å². The van der Waals surface area contributed by atoms with E-state index in [1.54, 1.807) is 4.90 Å². The molecule has 0 spiro atoms. The van der Waals surface area contributed by atoms with Gasteiger partial charge in [-0.05, 0) is 12.0 Å². The zero-order chi connectivity index (χ0) is 13.8. The molecular formula is C14H18N2O3.